The standard InChI is InChI=1S/C22H28N2O4/c1-23(22(26)21(25)20-10-6-14-28-20)15-17-7-5-12-24(16-17)13-11-18-8-3-4-9-19(18)27-2/h3-4,6,8-10,14,17H,5,7,11-13,15-16H2,1-2H3/t17-/m0/s1. The molecule has 28 heavy (non-hydrogen) atoms. The molecule has 2 aromatic rings. The molecule has 1 saturated heterocycles. The summed E-state index contributed by atoms with van der Waals surface area (Å²) in [6.07, 6.45) is 4.51. The zero-order chi connectivity index (χ0) is 19.9. The Balaban J connectivity index is 1.50. The number of rotatable bonds is 8. The molecule has 6 nitrogen and oxygen atoms in total. The first-order chi connectivity index (χ1) is 13.6. The van der Waals surface area contributed by atoms with Crippen molar-refractivity contribution >= 4 is 11.7 Å². The number of piperidine rings is 1. The molecule has 1 aromatic heterocycles. The van der Waals surface area contributed by atoms with Crippen LogP contribution in [0.25, 0.3) is 0 Å². The fraction of sp³-hybridized carbons (Fsp3) is 0.455. The zero-order valence-corrected chi connectivity index (χ0v) is 16.6. The van der Waals surface area contributed by atoms with Crippen LogP contribution in [0.5, 0.6) is 5.75 Å². The van der Waals surface area contributed by atoms with E-state index >= 15 is 0 Å². The van der Waals surface area contributed by atoms with Gasteiger partial charge in [-0.25, -0.2) is 0 Å². The normalized spacial score (nSPS) is 17.3. The molecule has 1 aliphatic rings. The molecule has 1 fully saturated rings. The molecule has 0 bridgehead atoms. The number of ketones is 1. The zero-order valence-electron chi connectivity index (χ0n) is 16.6. The summed E-state index contributed by atoms with van der Waals surface area (Å²) in [5, 5.41) is 0. The van der Waals surface area contributed by atoms with Crippen LogP contribution in [0.4, 0.5) is 0 Å². The molecule has 0 aliphatic carbocycles. The second-order valence-electron chi connectivity index (χ2n) is 7.36. The van der Waals surface area contributed by atoms with Crippen molar-refractivity contribution in [2.24, 2.45) is 5.92 Å². The van der Waals surface area contributed by atoms with Crippen LogP contribution in [0.3, 0.4) is 0 Å². The highest BCUT2D eigenvalue weighted by molar-refractivity contribution is 6.41. The van der Waals surface area contributed by atoms with E-state index in [1.807, 2.05) is 18.2 Å². The summed E-state index contributed by atoms with van der Waals surface area (Å²) >= 11 is 0. The summed E-state index contributed by atoms with van der Waals surface area (Å²) in [6.45, 7) is 3.53. The first-order valence-electron chi connectivity index (χ1n) is 9.76. The lowest BCUT2D eigenvalue weighted by Gasteiger charge is -2.34. The number of ether oxygens (including phenoxy) is 1. The molecule has 150 valence electrons. The van der Waals surface area contributed by atoms with E-state index in [0.29, 0.717) is 12.5 Å². The van der Waals surface area contributed by atoms with Crippen molar-refractivity contribution in [3.63, 3.8) is 0 Å². The number of carbonyl (C=O) groups excluding carboxylic acids is 2. The number of likely N-dealkylation sites (tertiary alicyclic amines) is 1. The monoisotopic (exact) mass is 384 g/mol. The Morgan fingerprint density at radius 2 is 2.07 bits per heavy atom. The third-order valence-corrected chi connectivity index (χ3v) is 5.31. The number of hydrogen-bond acceptors (Lipinski definition) is 5. The predicted octanol–water partition coefficient (Wildman–Crippen LogP) is 2.88. The van der Waals surface area contributed by atoms with Gasteiger partial charge in [-0.15, -0.1) is 0 Å². The van der Waals surface area contributed by atoms with Gasteiger partial charge in [0.1, 0.15) is 5.75 Å². The first-order valence-corrected chi connectivity index (χ1v) is 9.76. The average Bonchev–Trinajstić information content (AvgIpc) is 3.26. The van der Waals surface area contributed by atoms with Crippen molar-refractivity contribution < 1.29 is 18.7 Å². The number of hydrogen-bond donors (Lipinski definition) is 0. The van der Waals surface area contributed by atoms with Crippen LogP contribution in [0.15, 0.2) is 47.1 Å². The van der Waals surface area contributed by atoms with Crippen molar-refractivity contribution in [3.8, 4) is 5.75 Å². The minimum Gasteiger partial charge on any atom is -0.496 e. The molecular weight excluding hydrogens is 356 g/mol. The third-order valence-electron chi connectivity index (χ3n) is 5.31. The smallest absolute Gasteiger partial charge is 0.298 e. The Labute approximate surface area is 166 Å². The second kappa shape index (κ2) is 9.55. The Hall–Kier alpha value is -2.60. The number of carbonyl (C=O) groups is 2. The summed E-state index contributed by atoms with van der Waals surface area (Å²) < 4.78 is 10.5. The summed E-state index contributed by atoms with van der Waals surface area (Å²) in [7, 11) is 3.39. The molecule has 2 heterocycles. The quantitative estimate of drug-likeness (QED) is 0.517. The lowest BCUT2D eigenvalue weighted by molar-refractivity contribution is -0.126. The summed E-state index contributed by atoms with van der Waals surface area (Å²) in [5.74, 6) is 0.291. The van der Waals surface area contributed by atoms with Gasteiger partial charge >= 0.3 is 0 Å². The number of para-hydroxylation sites is 1. The largest absolute Gasteiger partial charge is 0.496 e. The minimum atomic E-state index is -0.587. The highest BCUT2D eigenvalue weighted by Crippen LogP contribution is 2.21. The lowest BCUT2D eigenvalue weighted by Crippen LogP contribution is -2.43. The number of benzene rings is 1. The molecular formula is C22H28N2O4. The van der Waals surface area contributed by atoms with Gasteiger partial charge in [0, 0.05) is 26.7 Å². The lowest BCUT2D eigenvalue weighted by atomic mass is 9.97. The van der Waals surface area contributed by atoms with E-state index in [-0.39, 0.29) is 5.76 Å². The fourth-order valence-electron chi connectivity index (χ4n) is 3.85. The SMILES string of the molecule is COc1ccccc1CCN1CCC[C@@H](CN(C)C(=O)C(=O)c2ccco2)C1. The number of furan rings is 1. The molecule has 1 aliphatic heterocycles. The van der Waals surface area contributed by atoms with E-state index in [0.717, 1.165) is 44.6 Å². The van der Waals surface area contributed by atoms with Crippen molar-refractivity contribution in [1.29, 1.82) is 0 Å². The Bertz CT molecular complexity index is 788. The number of amides is 1. The van der Waals surface area contributed by atoms with Gasteiger partial charge in [0.05, 0.1) is 13.4 Å². The topological polar surface area (TPSA) is 63.0 Å². The Morgan fingerprint density at radius 3 is 2.82 bits per heavy atom. The maximum atomic E-state index is 12.4. The van der Waals surface area contributed by atoms with Crippen LogP contribution in [-0.4, -0.2) is 61.8 Å². The van der Waals surface area contributed by atoms with Gasteiger partial charge in [-0.1, -0.05) is 18.2 Å². The Kier molecular flexibility index (Phi) is 6.87. The molecule has 6 heteroatoms. The highest BCUT2D eigenvalue weighted by Gasteiger charge is 2.27. The van der Waals surface area contributed by atoms with Crippen LogP contribution >= 0.6 is 0 Å². The molecule has 0 saturated carbocycles. The van der Waals surface area contributed by atoms with Crippen molar-refractivity contribution in [1.82, 2.24) is 9.80 Å². The van der Waals surface area contributed by atoms with Crippen molar-refractivity contribution in [2.45, 2.75) is 19.3 Å². The van der Waals surface area contributed by atoms with Gasteiger partial charge in [0.25, 0.3) is 11.7 Å². The number of methoxy groups -OCH3 is 1. The van der Waals surface area contributed by atoms with Crippen LogP contribution in [0, 0.1) is 5.92 Å². The first kappa shape index (κ1) is 20.1. The van der Waals surface area contributed by atoms with E-state index in [1.165, 1.54) is 22.8 Å². The molecule has 1 aromatic carbocycles. The van der Waals surface area contributed by atoms with Gasteiger partial charge < -0.3 is 19.0 Å². The molecule has 0 spiro atoms. The van der Waals surface area contributed by atoms with Crippen LogP contribution in [0.2, 0.25) is 0 Å². The second-order valence-corrected chi connectivity index (χ2v) is 7.36. The maximum absolute atomic E-state index is 12.4. The minimum absolute atomic E-state index is 0.0962. The number of nitrogens with zero attached hydrogens (tertiary/aromatic N) is 2. The van der Waals surface area contributed by atoms with E-state index < -0.39 is 11.7 Å². The molecule has 0 N–H and O–H groups in total. The van der Waals surface area contributed by atoms with E-state index in [1.54, 1.807) is 20.2 Å². The average molecular weight is 384 g/mol. The predicted molar refractivity (Wildman–Crippen MR) is 107 cm³/mol. The van der Waals surface area contributed by atoms with Gasteiger partial charge in [-0.2, -0.15) is 0 Å². The van der Waals surface area contributed by atoms with E-state index in [4.69, 9.17) is 9.15 Å². The van der Waals surface area contributed by atoms with Gasteiger partial charge in [-0.3, -0.25) is 9.59 Å². The van der Waals surface area contributed by atoms with E-state index in [9.17, 15) is 9.59 Å². The van der Waals surface area contributed by atoms with Crippen molar-refractivity contribution in [2.75, 3.05) is 40.3 Å². The molecule has 0 radical (unpaired) electrons. The molecule has 0 unspecified atom stereocenters. The highest BCUT2D eigenvalue weighted by atomic mass is 16.5. The number of Topliss-reactive ketones (excluding diaryl/α,β-unsaturated/α-hetero) is 1. The molecule has 3 rings (SSSR count). The number of likely N-dealkylation sites (N-methyl/N-ethyl adjacent to an activating group) is 1. The van der Waals surface area contributed by atoms with E-state index in [2.05, 4.69) is 11.0 Å². The third kappa shape index (κ3) is 5.01. The summed E-state index contributed by atoms with van der Waals surface area (Å²) in [4.78, 5) is 28.5. The molecule has 1 amide bonds. The maximum Gasteiger partial charge on any atom is 0.298 e. The van der Waals surface area contributed by atoms with Crippen LogP contribution < -0.4 is 4.74 Å². The van der Waals surface area contributed by atoms with Gasteiger partial charge in [-0.05, 0) is 55.5 Å². The van der Waals surface area contributed by atoms with Crippen LogP contribution in [0.1, 0.15) is 29.0 Å². The fourth-order valence-corrected chi connectivity index (χ4v) is 3.85. The van der Waals surface area contributed by atoms with Crippen molar-refractivity contribution in [3.05, 3.63) is 54.0 Å². The van der Waals surface area contributed by atoms with Gasteiger partial charge in [0.15, 0.2) is 5.76 Å². The Morgan fingerprint density at radius 1 is 1.25 bits per heavy atom. The van der Waals surface area contributed by atoms with Crippen LogP contribution in [-0.2, 0) is 11.2 Å². The summed E-state index contributed by atoms with van der Waals surface area (Å²) in [5.41, 5.74) is 1.21. The summed E-state index contributed by atoms with van der Waals surface area (Å²) in [6, 6.07) is 11.2. The molecule has 1 atom stereocenters. The van der Waals surface area contributed by atoms with Gasteiger partial charge in [0.2, 0.25) is 0 Å².